The summed E-state index contributed by atoms with van der Waals surface area (Å²) in [4.78, 5) is 12.0. The van der Waals surface area contributed by atoms with E-state index in [2.05, 4.69) is 40.2 Å². The largest absolute Gasteiger partial charge is 0.352 e. The number of fused-ring (bicyclic) bond motifs is 1. The van der Waals surface area contributed by atoms with Crippen LogP contribution in [0.5, 0.6) is 0 Å². The van der Waals surface area contributed by atoms with Crippen LogP contribution in [-0.2, 0) is 6.54 Å². The van der Waals surface area contributed by atoms with E-state index < -0.39 is 0 Å². The highest BCUT2D eigenvalue weighted by Crippen LogP contribution is 2.18. The Morgan fingerprint density at radius 2 is 2.05 bits per heavy atom. The molecule has 0 saturated carbocycles. The van der Waals surface area contributed by atoms with Gasteiger partial charge in [0.15, 0.2) is 0 Å². The fraction of sp³-hybridized carbons (Fsp3) is 0.200. The maximum absolute atomic E-state index is 4.57. The van der Waals surface area contributed by atoms with E-state index in [4.69, 9.17) is 0 Å². The van der Waals surface area contributed by atoms with Crippen LogP contribution in [0.25, 0.3) is 11.0 Å². The molecule has 4 nitrogen and oxygen atoms in total. The average molecular weight is 252 g/mol. The van der Waals surface area contributed by atoms with Crippen molar-refractivity contribution in [3.05, 3.63) is 53.3 Å². The van der Waals surface area contributed by atoms with Crippen molar-refractivity contribution >= 4 is 17.0 Å². The number of imidazole rings is 1. The Balaban J connectivity index is 1.83. The molecule has 0 saturated heterocycles. The number of nitrogens with zero attached hydrogens (tertiary/aromatic N) is 2. The quantitative estimate of drug-likeness (QED) is 0.752. The van der Waals surface area contributed by atoms with Gasteiger partial charge in [-0.3, -0.25) is 4.98 Å². The fourth-order valence-electron chi connectivity index (χ4n) is 2.14. The molecule has 1 aromatic carbocycles. The molecular weight excluding hydrogens is 236 g/mol. The highest BCUT2D eigenvalue weighted by atomic mass is 15.1. The number of aryl methyl sites for hydroxylation is 2. The molecule has 0 fully saturated rings. The Morgan fingerprint density at radius 3 is 2.84 bits per heavy atom. The number of hydrogen-bond acceptors (Lipinski definition) is 3. The Morgan fingerprint density at radius 1 is 1.16 bits per heavy atom. The molecule has 0 radical (unpaired) electrons. The van der Waals surface area contributed by atoms with Crippen molar-refractivity contribution in [2.75, 3.05) is 5.32 Å². The molecular formula is C15H16N4. The van der Waals surface area contributed by atoms with Gasteiger partial charge >= 0.3 is 0 Å². The topological polar surface area (TPSA) is 53.6 Å². The summed E-state index contributed by atoms with van der Waals surface area (Å²) in [6.45, 7) is 4.87. The van der Waals surface area contributed by atoms with Crippen LogP contribution in [0.1, 0.15) is 16.7 Å². The maximum atomic E-state index is 4.57. The number of hydrogen-bond donors (Lipinski definition) is 2. The summed E-state index contributed by atoms with van der Waals surface area (Å²) in [6, 6.07) is 8.17. The van der Waals surface area contributed by atoms with E-state index in [-0.39, 0.29) is 0 Å². The van der Waals surface area contributed by atoms with Gasteiger partial charge in [-0.15, -0.1) is 0 Å². The summed E-state index contributed by atoms with van der Waals surface area (Å²) in [5.41, 5.74) is 5.68. The minimum Gasteiger partial charge on any atom is -0.352 e. The van der Waals surface area contributed by atoms with Crippen LogP contribution in [0.3, 0.4) is 0 Å². The van der Waals surface area contributed by atoms with Crippen molar-refractivity contribution in [1.29, 1.82) is 0 Å². The maximum Gasteiger partial charge on any atom is 0.201 e. The van der Waals surface area contributed by atoms with Crippen molar-refractivity contribution < 1.29 is 0 Å². The molecule has 4 heteroatoms. The SMILES string of the molecule is Cc1cnccc1CNc1nc2c(C)cccc2[nH]1. The van der Waals surface area contributed by atoms with Crippen LogP contribution in [0.2, 0.25) is 0 Å². The first-order valence-electron chi connectivity index (χ1n) is 6.33. The van der Waals surface area contributed by atoms with Crippen molar-refractivity contribution in [1.82, 2.24) is 15.0 Å². The fourth-order valence-corrected chi connectivity index (χ4v) is 2.14. The lowest BCUT2D eigenvalue weighted by molar-refractivity contribution is 1.06. The van der Waals surface area contributed by atoms with Gasteiger partial charge in [-0.05, 0) is 42.7 Å². The third kappa shape index (κ3) is 2.29. The van der Waals surface area contributed by atoms with E-state index in [1.807, 2.05) is 30.6 Å². The summed E-state index contributed by atoms with van der Waals surface area (Å²) in [5.74, 6) is 0.806. The second kappa shape index (κ2) is 4.72. The first-order chi connectivity index (χ1) is 9.24. The summed E-state index contributed by atoms with van der Waals surface area (Å²) in [5, 5.41) is 3.32. The molecule has 0 spiro atoms. The van der Waals surface area contributed by atoms with Gasteiger partial charge < -0.3 is 10.3 Å². The lowest BCUT2D eigenvalue weighted by Gasteiger charge is -2.05. The molecule has 0 atom stereocenters. The average Bonchev–Trinajstić information content (AvgIpc) is 2.82. The Hall–Kier alpha value is -2.36. The molecule has 2 aromatic heterocycles. The minimum atomic E-state index is 0.743. The van der Waals surface area contributed by atoms with Gasteiger partial charge in [0.25, 0.3) is 0 Å². The molecule has 0 amide bonds. The Kier molecular flexibility index (Phi) is 2.91. The van der Waals surface area contributed by atoms with Crippen LogP contribution in [0.4, 0.5) is 5.95 Å². The van der Waals surface area contributed by atoms with Crippen LogP contribution >= 0.6 is 0 Å². The number of aromatic amines is 1. The second-order valence-corrected chi connectivity index (χ2v) is 4.71. The Bertz CT molecular complexity index is 715. The van der Waals surface area contributed by atoms with Gasteiger partial charge in [0.1, 0.15) is 0 Å². The third-order valence-electron chi connectivity index (χ3n) is 3.30. The van der Waals surface area contributed by atoms with Crippen LogP contribution in [0, 0.1) is 13.8 Å². The molecule has 0 aliphatic carbocycles. The first kappa shape index (κ1) is 11.7. The molecule has 0 bridgehead atoms. The molecule has 0 aliphatic heterocycles. The number of rotatable bonds is 3. The molecule has 19 heavy (non-hydrogen) atoms. The van der Waals surface area contributed by atoms with E-state index in [0.717, 1.165) is 23.5 Å². The minimum absolute atomic E-state index is 0.743. The molecule has 96 valence electrons. The zero-order valence-corrected chi connectivity index (χ0v) is 11.1. The lowest BCUT2D eigenvalue weighted by Crippen LogP contribution is -2.02. The predicted molar refractivity (Wildman–Crippen MR) is 77.1 cm³/mol. The van der Waals surface area contributed by atoms with Crippen molar-refractivity contribution in [3.63, 3.8) is 0 Å². The normalized spacial score (nSPS) is 10.8. The number of H-pyrrole nitrogens is 1. The van der Waals surface area contributed by atoms with Crippen LogP contribution < -0.4 is 5.32 Å². The number of anilines is 1. The molecule has 2 heterocycles. The van der Waals surface area contributed by atoms with Crippen molar-refractivity contribution in [2.24, 2.45) is 0 Å². The molecule has 3 aromatic rings. The summed E-state index contributed by atoms with van der Waals surface area (Å²) < 4.78 is 0. The number of nitrogens with one attached hydrogen (secondary N) is 2. The van der Waals surface area contributed by atoms with Crippen LogP contribution in [0.15, 0.2) is 36.7 Å². The van der Waals surface area contributed by atoms with Crippen molar-refractivity contribution in [2.45, 2.75) is 20.4 Å². The second-order valence-electron chi connectivity index (χ2n) is 4.71. The molecule has 2 N–H and O–H groups in total. The van der Waals surface area contributed by atoms with E-state index in [1.54, 1.807) is 0 Å². The number of pyridine rings is 1. The summed E-state index contributed by atoms with van der Waals surface area (Å²) >= 11 is 0. The standard InChI is InChI=1S/C15H16N4/c1-10-4-3-5-13-14(10)19-15(18-13)17-9-12-6-7-16-8-11(12)2/h3-8H,9H2,1-2H3,(H2,17,18,19). The zero-order chi connectivity index (χ0) is 13.2. The first-order valence-corrected chi connectivity index (χ1v) is 6.33. The highest BCUT2D eigenvalue weighted by Gasteiger charge is 2.04. The number of aromatic nitrogens is 3. The summed E-state index contributed by atoms with van der Waals surface area (Å²) in [6.07, 6.45) is 3.69. The van der Waals surface area contributed by atoms with Gasteiger partial charge in [0, 0.05) is 18.9 Å². The highest BCUT2D eigenvalue weighted by molar-refractivity contribution is 5.80. The molecule has 0 aliphatic rings. The van der Waals surface area contributed by atoms with Gasteiger partial charge in [0.05, 0.1) is 11.0 Å². The number of para-hydroxylation sites is 1. The van der Waals surface area contributed by atoms with Gasteiger partial charge in [-0.25, -0.2) is 4.98 Å². The Labute approximate surface area is 111 Å². The molecule has 0 unspecified atom stereocenters. The zero-order valence-electron chi connectivity index (χ0n) is 11.1. The lowest BCUT2D eigenvalue weighted by atomic mass is 10.1. The van der Waals surface area contributed by atoms with Crippen molar-refractivity contribution in [3.8, 4) is 0 Å². The van der Waals surface area contributed by atoms with Gasteiger partial charge in [-0.2, -0.15) is 0 Å². The number of benzene rings is 1. The van der Waals surface area contributed by atoms with Gasteiger partial charge in [-0.1, -0.05) is 12.1 Å². The summed E-state index contributed by atoms with van der Waals surface area (Å²) in [7, 11) is 0. The molecule has 3 rings (SSSR count). The van der Waals surface area contributed by atoms with E-state index >= 15 is 0 Å². The predicted octanol–water partition coefficient (Wildman–Crippen LogP) is 3.19. The van der Waals surface area contributed by atoms with Gasteiger partial charge in [0.2, 0.25) is 5.95 Å². The smallest absolute Gasteiger partial charge is 0.201 e. The van der Waals surface area contributed by atoms with E-state index in [0.29, 0.717) is 0 Å². The van der Waals surface area contributed by atoms with Crippen LogP contribution in [-0.4, -0.2) is 15.0 Å². The third-order valence-corrected chi connectivity index (χ3v) is 3.30. The monoisotopic (exact) mass is 252 g/mol. The van der Waals surface area contributed by atoms with E-state index in [1.165, 1.54) is 16.7 Å². The van der Waals surface area contributed by atoms with E-state index in [9.17, 15) is 0 Å².